The van der Waals surface area contributed by atoms with E-state index in [1.54, 1.807) is 57.4 Å². The van der Waals surface area contributed by atoms with E-state index in [2.05, 4.69) is 84.5 Å². The number of benzene rings is 2. The van der Waals surface area contributed by atoms with Gasteiger partial charge in [-0.2, -0.15) is 0 Å². The van der Waals surface area contributed by atoms with E-state index in [1.807, 2.05) is 0 Å². The number of hydrogen-bond acceptors (Lipinski definition) is 0. The van der Waals surface area contributed by atoms with Gasteiger partial charge < -0.3 is 24.8 Å². The van der Waals surface area contributed by atoms with E-state index in [9.17, 15) is 0 Å². The largest absolute Gasteiger partial charge is 1.00 e. The average molecular weight is 567 g/mol. The Morgan fingerprint density at radius 2 is 1.71 bits per heavy atom. The van der Waals surface area contributed by atoms with Crippen LogP contribution in [0.2, 0.25) is 13.1 Å². The number of allylic oxidation sites excluding steroid dienone is 5. The van der Waals surface area contributed by atoms with Gasteiger partial charge in [0, 0.05) is 0 Å². The predicted octanol–water partition coefficient (Wildman–Crippen LogP) is 0.311. The molecule has 3 aliphatic rings. The Morgan fingerprint density at radius 1 is 1.04 bits per heavy atom. The van der Waals surface area contributed by atoms with Gasteiger partial charge in [-0.1, -0.05) is 0 Å². The predicted molar refractivity (Wildman–Crippen MR) is 114 cm³/mol. The molecule has 0 saturated heterocycles. The van der Waals surface area contributed by atoms with Gasteiger partial charge in [-0.3, -0.25) is 0 Å². The van der Waals surface area contributed by atoms with E-state index in [1.165, 1.54) is 21.2 Å². The van der Waals surface area contributed by atoms with Crippen LogP contribution in [0, 0.1) is 0 Å². The van der Waals surface area contributed by atoms with Gasteiger partial charge >= 0.3 is 181 Å². The third kappa shape index (κ3) is 2.84. The monoisotopic (exact) mass is 563 g/mol. The Balaban J connectivity index is 0.00000112. The van der Waals surface area contributed by atoms with Crippen LogP contribution < -0.4 is 30.0 Å². The zero-order chi connectivity index (χ0) is 18.2. The summed E-state index contributed by atoms with van der Waals surface area (Å²) in [7, 11) is -1.72. The Morgan fingerprint density at radius 3 is 2.32 bits per heavy atom. The first-order chi connectivity index (χ1) is 12.4. The van der Waals surface area contributed by atoms with Gasteiger partial charge in [0.2, 0.25) is 0 Å². The minimum Gasteiger partial charge on any atom is -1.00 e. The quantitative estimate of drug-likeness (QED) is 0.460. The number of hydrogen-bond donors (Lipinski definition) is 0. The van der Waals surface area contributed by atoms with Gasteiger partial charge in [0.15, 0.2) is 0 Å². The molecular formula is C23H20BrCl2SiZr. The molecule has 1 aliphatic heterocycles. The summed E-state index contributed by atoms with van der Waals surface area (Å²) in [6.07, 6.45) is 7.89. The molecule has 5 rings (SSSR count). The van der Waals surface area contributed by atoms with Crippen LogP contribution in [0.3, 0.4) is 0 Å². The Hall–Kier alpha value is -0.180. The second-order valence-corrected chi connectivity index (χ2v) is 14.5. The van der Waals surface area contributed by atoms with Gasteiger partial charge in [-0.05, 0) is 0 Å². The first-order valence-electron chi connectivity index (χ1n) is 9.18. The van der Waals surface area contributed by atoms with Crippen LogP contribution in [0.1, 0.15) is 33.7 Å². The molecule has 1 atom stereocenters. The summed E-state index contributed by atoms with van der Waals surface area (Å²) in [5.74, 6) is 0. The maximum Gasteiger partial charge on any atom is -1.00 e. The normalized spacial score (nSPS) is 20.2. The van der Waals surface area contributed by atoms with E-state index in [0.29, 0.717) is 3.63 Å². The summed E-state index contributed by atoms with van der Waals surface area (Å²) < 4.78 is 1.98. The van der Waals surface area contributed by atoms with E-state index in [-0.39, 0.29) is 24.8 Å². The average Bonchev–Trinajstić information content (AvgIpc) is 3.27. The van der Waals surface area contributed by atoms with Crippen molar-refractivity contribution >= 4 is 40.0 Å². The molecule has 28 heavy (non-hydrogen) atoms. The van der Waals surface area contributed by atoms with Gasteiger partial charge in [0.05, 0.1) is 0 Å². The summed E-state index contributed by atoms with van der Waals surface area (Å²) in [6.45, 7) is 7.53. The summed E-state index contributed by atoms with van der Waals surface area (Å²) in [6, 6.07) is 11.1. The van der Waals surface area contributed by atoms with Crippen molar-refractivity contribution < 1.29 is 49.5 Å². The molecule has 0 N–H and O–H groups in total. The van der Waals surface area contributed by atoms with Crippen molar-refractivity contribution in [3.8, 4) is 11.1 Å². The SMILES string of the molecule is CC1=C2c3c(-c4ccccc4)c(c(C4=CC=CC4)c(Br)c3[CH]1[Zr+2])[Si]2(C)C.[Cl-].[Cl-]. The molecule has 1 heterocycles. The molecule has 0 radical (unpaired) electrons. The van der Waals surface area contributed by atoms with Crippen LogP contribution in [-0.4, -0.2) is 8.07 Å². The standard InChI is InChI=1S/C23H20BrSi.2ClH.Zr/c1-14-13-17-20-18(15-9-5-4-6-10-15)23(25(2,3)22(14)20)19(21(17)24)16-11-7-8-12-16;;;/h4-11,13H,12H2,1-3H3;2*1H;/q;;;+2/p-2. The third-order valence-corrected chi connectivity index (χ3v) is 12.5. The van der Waals surface area contributed by atoms with Crippen molar-refractivity contribution in [3.63, 3.8) is 0 Å². The number of halogens is 3. The van der Waals surface area contributed by atoms with Crippen LogP contribution in [0.25, 0.3) is 21.9 Å². The first-order valence-corrected chi connectivity index (χ1v) is 14.4. The molecule has 2 aromatic rings. The summed E-state index contributed by atoms with van der Waals surface area (Å²) in [5.41, 5.74) is 10.7. The van der Waals surface area contributed by atoms with Gasteiger partial charge in [-0.15, -0.1) is 0 Å². The zero-order valence-corrected chi connectivity index (χ0v) is 22.6. The van der Waals surface area contributed by atoms with Crippen LogP contribution in [0.15, 0.2) is 58.6 Å². The fourth-order valence-corrected chi connectivity index (χ4v) is 12.3. The number of rotatable bonds is 2. The molecular weight excluding hydrogens is 546 g/mol. The van der Waals surface area contributed by atoms with Crippen LogP contribution in [0.5, 0.6) is 0 Å². The molecule has 1 unspecified atom stereocenters. The summed E-state index contributed by atoms with van der Waals surface area (Å²) >= 11 is 5.69. The Bertz CT molecular complexity index is 1070. The molecule has 5 heteroatoms. The molecule has 0 saturated carbocycles. The zero-order valence-electron chi connectivity index (χ0n) is 16.0. The van der Waals surface area contributed by atoms with E-state index in [0.717, 1.165) is 6.42 Å². The minimum atomic E-state index is -1.72. The van der Waals surface area contributed by atoms with Crippen LogP contribution in [0.4, 0.5) is 0 Å². The molecule has 141 valence electrons. The van der Waals surface area contributed by atoms with E-state index < -0.39 is 8.07 Å². The Kier molecular flexibility index (Phi) is 6.28. The van der Waals surface area contributed by atoms with E-state index in [4.69, 9.17) is 0 Å². The van der Waals surface area contributed by atoms with Gasteiger partial charge in [0.25, 0.3) is 0 Å². The van der Waals surface area contributed by atoms with Gasteiger partial charge in [-0.25, -0.2) is 0 Å². The van der Waals surface area contributed by atoms with E-state index >= 15 is 0 Å². The van der Waals surface area contributed by atoms with Gasteiger partial charge in [0.1, 0.15) is 0 Å². The molecule has 0 spiro atoms. The Labute approximate surface area is 204 Å². The molecule has 0 amide bonds. The molecule has 0 aromatic heterocycles. The number of fused-ring (bicyclic) bond motifs is 1. The maximum absolute atomic E-state index is 4.09. The summed E-state index contributed by atoms with van der Waals surface area (Å²) in [4.78, 5) is 0. The van der Waals surface area contributed by atoms with Crippen LogP contribution in [-0.2, 0) is 24.7 Å². The van der Waals surface area contributed by atoms with Crippen LogP contribution >= 0.6 is 15.9 Å². The maximum atomic E-state index is 4.09. The van der Waals surface area contributed by atoms with Crippen molar-refractivity contribution in [1.82, 2.24) is 0 Å². The molecule has 2 aromatic carbocycles. The second-order valence-electron chi connectivity index (χ2n) is 8.03. The van der Waals surface area contributed by atoms with Crippen molar-refractivity contribution in [2.45, 2.75) is 30.1 Å². The van der Waals surface area contributed by atoms with Crippen molar-refractivity contribution in [2.75, 3.05) is 0 Å². The van der Waals surface area contributed by atoms with Crippen molar-refractivity contribution in [3.05, 3.63) is 75.3 Å². The molecule has 0 nitrogen and oxygen atoms in total. The first kappa shape index (κ1) is 22.5. The fourth-order valence-electron chi connectivity index (χ4n) is 5.21. The third-order valence-electron chi connectivity index (χ3n) is 6.25. The molecule has 2 bridgehead atoms. The summed E-state index contributed by atoms with van der Waals surface area (Å²) in [5, 5.41) is 3.38. The topological polar surface area (TPSA) is 0 Å². The molecule has 0 fully saturated rings. The second kappa shape index (κ2) is 7.82. The molecule has 2 aliphatic carbocycles. The van der Waals surface area contributed by atoms with Crippen molar-refractivity contribution in [1.29, 1.82) is 0 Å². The smallest absolute Gasteiger partial charge is 1.00 e. The van der Waals surface area contributed by atoms with Crippen molar-refractivity contribution in [2.24, 2.45) is 0 Å². The minimum absolute atomic E-state index is 0. The fraction of sp³-hybridized carbons (Fsp3) is 0.217.